The second kappa shape index (κ2) is 13.5. The Kier molecular flexibility index (Phi) is 8.69. The van der Waals surface area contributed by atoms with Crippen LogP contribution in [-0.2, 0) is 26.5 Å². The number of fused-ring (bicyclic) bond motifs is 6. The Labute approximate surface area is 320 Å². The fourth-order valence-corrected chi connectivity index (χ4v) is 6.98. The van der Waals surface area contributed by atoms with Crippen LogP contribution in [0.5, 0.6) is 11.5 Å². The van der Waals surface area contributed by atoms with Crippen molar-refractivity contribution in [2.24, 2.45) is 0 Å². The van der Waals surface area contributed by atoms with E-state index in [2.05, 4.69) is 176 Å². The van der Waals surface area contributed by atoms with Gasteiger partial charge in [0, 0.05) is 61.4 Å². The van der Waals surface area contributed by atoms with Crippen LogP contribution < -0.4 is 19.4 Å². The third-order valence-corrected chi connectivity index (χ3v) is 9.51. The van der Waals surface area contributed by atoms with Gasteiger partial charge in [0.25, 0.3) is 0 Å². The molecule has 3 heterocycles. The van der Waals surface area contributed by atoms with Gasteiger partial charge in [-0.25, -0.2) is 4.98 Å². The molecule has 0 atom stereocenters. The van der Waals surface area contributed by atoms with Crippen molar-refractivity contribution in [3.05, 3.63) is 176 Å². The van der Waals surface area contributed by atoms with E-state index in [9.17, 15) is 0 Å². The molecule has 2 aliphatic rings. The van der Waals surface area contributed by atoms with Crippen LogP contribution in [-0.4, -0.2) is 4.98 Å². The van der Waals surface area contributed by atoms with E-state index >= 15 is 0 Å². The van der Waals surface area contributed by atoms with Crippen molar-refractivity contribution in [1.82, 2.24) is 4.98 Å². The minimum Gasteiger partial charge on any atom is -0.509 e. The van der Waals surface area contributed by atoms with Gasteiger partial charge in [-0.15, -0.1) is 48.3 Å². The predicted molar refractivity (Wildman–Crippen MR) is 208 cm³/mol. The van der Waals surface area contributed by atoms with Crippen LogP contribution in [0.1, 0.15) is 26.3 Å². The summed E-state index contributed by atoms with van der Waals surface area (Å²) >= 11 is 0. The van der Waals surface area contributed by atoms with Crippen LogP contribution >= 0.6 is 0 Å². The molecule has 0 amide bonds. The average molecular weight is 855 g/mol. The normalized spacial score (nSPS) is 12.9. The molecule has 258 valence electrons. The summed E-state index contributed by atoms with van der Waals surface area (Å²) < 4.78 is 6.61. The molecule has 0 aliphatic carbocycles. The molecule has 7 aromatic rings. The van der Waals surface area contributed by atoms with E-state index in [1.165, 1.54) is 11.1 Å². The molecule has 0 spiro atoms. The first-order chi connectivity index (χ1) is 24.9. The molecular formula is C46H35N4OPt-3. The maximum Gasteiger partial charge on any atom is 0.135 e. The molecule has 2 aliphatic heterocycles. The van der Waals surface area contributed by atoms with E-state index in [0.29, 0.717) is 11.5 Å². The van der Waals surface area contributed by atoms with Gasteiger partial charge in [0.05, 0.1) is 5.69 Å². The number of para-hydroxylation sites is 4. The van der Waals surface area contributed by atoms with Crippen LogP contribution in [0.15, 0.2) is 152 Å². The molecule has 0 N–H and O–H groups in total. The summed E-state index contributed by atoms with van der Waals surface area (Å²) in [7, 11) is 0. The Balaban J connectivity index is 0.00000387. The van der Waals surface area contributed by atoms with Gasteiger partial charge in [-0.3, -0.25) is 0 Å². The fourth-order valence-electron chi connectivity index (χ4n) is 6.98. The Hall–Kier alpha value is -5.64. The van der Waals surface area contributed by atoms with E-state index in [1.807, 2.05) is 30.5 Å². The Morgan fingerprint density at radius 1 is 0.577 bits per heavy atom. The summed E-state index contributed by atoms with van der Waals surface area (Å²) in [5.41, 5.74) is 11.7. The van der Waals surface area contributed by atoms with Crippen LogP contribution in [0.25, 0.3) is 22.3 Å². The molecule has 9 rings (SSSR count). The zero-order chi connectivity index (χ0) is 34.5. The molecule has 0 unspecified atom stereocenters. The second-order valence-corrected chi connectivity index (χ2v) is 13.8. The quantitative estimate of drug-likeness (QED) is 0.161. The third kappa shape index (κ3) is 5.95. The zero-order valence-electron chi connectivity index (χ0n) is 29.0. The van der Waals surface area contributed by atoms with Gasteiger partial charge in [0.15, 0.2) is 0 Å². The first kappa shape index (κ1) is 33.5. The number of ether oxygens (including phenoxy) is 1. The van der Waals surface area contributed by atoms with Crippen molar-refractivity contribution in [3.63, 3.8) is 0 Å². The minimum absolute atomic E-state index is 0. The van der Waals surface area contributed by atoms with Gasteiger partial charge in [0.1, 0.15) is 5.82 Å². The monoisotopic (exact) mass is 854 g/mol. The molecule has 0 fully saturated rings. The summed E-state index contributed by atoms with van der Waals surface area (Å²) in [6, 6.07) is 57.5. The Morgan fingerprint density at radius 3 is 1.96 bits per heavy atom. The summed E-state index contributed by atoms with van der Waals surface area (Å²) in [5.74, 6) is 2.02. The number of anilines is 7. The molecule has 6 aromatic carbocycles. The minimum atomic E-state index is -0.0458. The number of hydrogen-bond acceptors (Lipinski definition) is 5. The van der Waals surface area contributed by atoms with Crippen molar-refractivity contribution in [1.29, 1.82) is 0 Å². The van der Waals surface area contributed by atoms with Crippen LogP contribution in [0.2, 0.25) is 0 Å². The largest absolute Gasteiger partial charge is 0.509 e. The molecule has 52 heavy (non-hydrogen) atoms. The summed E-state index contributed by atoms with van der Waals surface area (Å²) in [6.45, 7) is 8.79. The Morgan fingerprint density at radius 2 is 1.21 bits per heavy atom. The summed E-state index contributed by atoms with van der Waals surface area (Å²) in [5, 5.41) is 0. The SMILES string of the molecule is CC(C)(C)c1ccnc(N2c3[c-]c(Oc4[c-]c(N5[CH-]N(c6ccccc6)c6ccccc65)ccc4)ccc3-c3ccccc3-c3ccccc32)c1.[Pt]. The van der Waals surface area contributed by atoms with Gasteiger partial charge in [-0.05, 0) is 59.0 Å². The molecule has 0 saturated heterocycles. The number of pyridine rings is 1. The van der Waals surface area contributed by atoms with E-state index in [1.54, 1.807) is 0 Å². The van der Waals surface area contributed by atoms with E-state index in [0.717, 1.165) is 56.6 Å². The molecule has 0 bridgehead atoms. The molecule has 5 nitrogen and oxygen atoms in total. The van der Waals surface area contributed by atoms with Crippen molar-refractivity contribution in [3.8, 4) is 33.8 Å². The van der Waals surface area contributed by atoms with Crippen molar-refractivity contribution >= 4 is 39.9 Å². The number of rotatable bonds is 5. The van der Waals surface area contributed by atoms with Crippen LogP contribution in [0.3, 0.4) is 0 Å². The van der Waals surface area contributed by atoms with Crippen molar-refractivity contribution < 1.29 is 25.8 Å². The first-order valence-electron chi connectivity index (χ1n) is 17.2. The fraction of sp³-hybridized carbons (Fsp3) is 0.0870. The number of hydrogen-bond donors (Lipinski definition) is 0. The van der Waals surface area contributed by atoms with Gasteiger partial charge in [-0.2, -0.15) is 12.1 Å². The standard InChI is InChI=1S/C46H35N4O.Pt/c1-46(2,3)32-26-27-47-45(28-32)50-41-21-10-9-20-39(41)37-18-7-8-19-38(37)40-25-24-36(30-44(40)50)51-35-17-13-16-34(29-35)49-31-48(33-14-5-4-6-15-33)42-22-11-12-23-43(42)49;/h4-28,31H,1-3H3;/q-3;. The molecule has 1 aromatic heterocycles. The zero-order valence-corrected chi connectivity index (χ0v) is 31.3. The van der Waals surface area contributed by atoms with Crippen LogP contribution in [0.4, 0.5) is 39.9 Å². The maximum absolute atomic E-state index is 6.61. The maximum atomic E-state index is 6.61. The van der Waals surface area contributed by atoms with Crippen molar-refractivity contribution in [2.75, 3.05) is 14.7 Å². The first-order valence-corrected chi connectivity index (χ1v) is 17.2. The van der Waals surface area contributed by atoms with E-state index < -0.39 is 0 Å². The topological polar surface area (TPSA) is 31.8 Å². The smallest absolute Gasteiger partial charge is 0.135 e. The van der Waals surface area contributed by atoms with E-state index in [-0.39, 0.29) is 26.5 Å². The number of aromatic nitrogens is 1. The van der Waals surface area contributed by atoms with Crippen LogP contribution in [0, 0.1) is 18.8 Å². The summed E-state index contributed by atoms with van der Waals surface area (Å²) in [6.07, 6.45) is 1.91. The average Bonchev–Trinajstić information content (AvgIpc) is 3.50. The molecule has 0 saturated carbocycles. The third-order valence-electron chi connectivity index (χ3n) is 9.51. The van der Waals surface area contributed by atoms with Gasteiger partial charge in [0.2, 0.25) is 0 Å². The number of nitrogens with zero attached hydrogens (tertiary/aromatic N) is 4. The van der Waals surface area contributed by atoms with Crippen molar-refractivity contribution in [2.45, 2.75) is 26.2 Å². The Bertz CT molecular complexity index is 2400. The molecule has 6 heteroatoms. The molecular weight excluding hydrogens is 820 g/mol. The van der Waals surface area contributed by atoms with Gasteiger partial charge < -0.3 is 19.4 Å². The van der Waals surface area contributed by atoms with Gasteiger partial charge >= 0.3 is 0 Å². The second-order valence-electron chi connectivity index (χ2n) is 13.8. The predicted octanol–water partition coefficient (Wildman–Crippen LogP) is 12.3. The summed E-state index contributed by atoms with van der Waals surface area (Å²) in [4.78, 5) is 11.5. The van der Waals surface area contributed by atoms with E-state index in [4.69, 9.17) is 9.72 Å². The number of benzene rings is 6. The van der Waals surface area contributed by atoms with Gasteiger partial charge in [-0.1, -0.05) is 105 Å². The molecule has 0 radical (unpaired) electrons.